The largest absolute Gasteiger partial charge is 0.469 e. The van der Waals surface area contributed by atoms with Gasteiger partial charge in [0.15, 0.2) is 5.82 Å². The number of nitrogens with two attached hydrogens (primary N) is 1. The van der Waals surface area contributed by atoms with Crippen LogP contribution in [0.25, 0.3) is 11.4 Å². The highest BCUT2D eigenvalue weighted by Gasteiger charge is 2.40. The standard InChI is InChI=1S/C16H20F3N5O2S/c1-9(11-3-4-11)23(8-16(17,18)19)13(25)7-27-15-22-21-14(24(15)20)12-5-6-26-10(12)2/h5-6,9,11H,3-4,7-8,20H2,1-2H3/t9-/m1/s1. The van der Waals surface area contributed by atoms with Crippen molar-refractivity contribution >= 4 is 17.7 Å². The summed E-state index contributed by atoms with van der Waals surface area (Å²) in [5.74, 6) is 6.27. The molecule has 2 heterocycles. The SMILES string of the molecule is Cc1occc1-c1nnc(SCC(=O)N(CC(F)(F)F)[C@H](C)C2CC2)n1N. The molecule has 0 radical (unpaired) electrons. The van der Waals surface area contributed by atoms with Crippen LogP contribution >= 0.6 is 11.8 Å². The minimum atomic E-state index is -4.44. The first-order valence-corrected chi connectivity index (χ1v) is 9.40. The topological polar surface area (TPSA) is 90.2 Å². The maximum absolute atomic E-state index is 12.9. The van der Waals surface area contributed by atoms with E-state index in [0.717, 1.165) is 29.5 Å². The van der Waals surface area contributed by atoms with Crippen LogP contribution in [0.15, 0.2) is 21.9 Å². The molecule has 148 valence electrons. The fourth-order valence-electron chi connectivity index (χ4n) is 2.87. The molecule has 1 saturated carbocycles. The molecular formula is C16H20F3N5O2S. The lowest BCUT2D eigenvalue weighted by molar-refractivity contribution is -0.164. The lowest BCUT2D eigenvalue weighted by atomic mass is 10.2. The van der Waals surface area contributed by atoms with Crippen LogP contribution in [0, 0.1) is 12.8 Å². The van der Waals surface area contributed by atoms with Gasteiger partial charge in [-0.2, -0.15) is 13.2 Å². The third kappa shape index (κ3) is 4.57. The van der Waals surface area contributed by atoms with Crippen molar-refractivity contribution in [1.29, 1.82) is 0 Å². The Morgan fingerprint density at radius 1 is 1.48 bits per heavy atom. The molecular weight excluding hydrogens is 383 g/mol. The van der Waals surface area contributed by atoms with Crippen molar-refractivity contribution in [1.82, 2.24) is 19.8 Å². The van der Waals surface area contributed by atoms with Gasteiger partial charge in [0.1, 0.15) is 12.3 Å². The van der Waals surface area contributed by atoms with Crippen LogP contribution in [0.1, 0.15) is 25.5 Å². The third-order valence-corrected chi connectivity index (χ3v) is 5.48. The zero-order chi connectivity index (χ0) is 19.8. The number of thioether (sulfide) groups is 1. The normalized spacial score (nSPS) is 15.7. The van der Waals surface area contributed by atoms with Crippen molar-refractivity contribution in [3.8, 4) is 11.4 Å². The molecule has 0 spiro atoms. The van der Waals surface area contributed by atoms with Gasteiger partial charge in [0.2, 0.25) is 11.1 Å². The van der Waals surface area contributed by atoms with Gasteiger partial charge in [-0.05, 0) is 38.7 Å². The van der Waals surface area contributed by atoms with E-state index in [1.807, 2.05) is 0 Å². The number of aromatic nitrogens is 3. The molecule has 7 nitrogen and oxygen atoms in total. The molecule has 1 amide bonds. The van der Waals surface area contributed by atoms with E-state index < -0.39 is 24.7 Å². The predicted molar refractivity (Wildman–Crippen MR) is 93.3 cm³/mol. The maximum Gasteiger partial charge on any atom is 0.406 e. The number of carbonyl (C=O) groups is 1. The Labute approximate surface area is 158 Å². The van der Waals surface area contributed by atoms with Crippen LogP contribution in [0.5, 0.6) is 0 Å². The van der Waals surface area contributed by atoms with Gasteiger partial charge >= 0.3 is 6.18 Å². The zero-order valence-corrected chi connectivity index (χ0v) is 15.7. The molecule has 1 fully saturated rings. The van der Waals surface area contributed by atoms with E-state index >= 15 is 0 Å². The summed E-state index contributed by atoms with van der Waals surface area (Å²) >= 11 is 0.958. The number of aryl methyl sites for hydroxylation is 1. The molecule has 2 N–H and O–H groups in total. The molecule has 1 aliphatic rings. The summed E-state index contributed by atoms with van der Waals surface area (Å²) in [5, 5.41) is 8.14. The highest BCUT2D eigenvalue weighted by atomic mass is 32.2. The predicted octanol–water partition coefficient (Wildman–Crippen LogP) is 2.84. The summed E-state index contributed by atoms with van der Waals surface area (Å²) in [7, 11) is 0. The first kappa shape index (κ1) is 19.6. The van der Waals surface area contributed by atoms with Gasteiger partial charge in [-0.3, -0.25) is 4.79 Å². The van der Waals surface area contributed by atoms with Gasteiger partial charge in [0.25, 0.3) is 0 Å². The summed E-state index contributed by atoms with van der Waals surface area (Å²) in [6.45, 7) is 2.16. The summed E-state index contributed by atoms with van der Waals surface area (Å²) in [5.41, 5.74) is 0.657. The van der Waals surface area contributed by atoms with Gasteiger partial charge in [-0.1, -0.05) is 11.8 Å². The molecule has 11 heteroatoms. The molecule has 2 aromatic rings. The summed E-state index contributed by atoms with van der Waals surface area (Å²) < 4.78 is 45.0. The second-order valence-corrected chi connectivity index (χ2v) is 7.51. The van der Waals surface area contributed by atoms with Crippen molar-refractivity contribution < 1.29 is 22.4 Å². The van der Waals surface area contributed by atoms with Crippen LogP contribution in [-0.4, -0.2) is 50.2 Å². The van der Waals surface area contributed by atoms with Crippen molar-refractivity contribution in [2.45, 2.75) is 44.1 Å². The minimum absolute atomic E-state index is 0.134. The van der Waals surface area contributed by atoms with Gasteiger partial charge in [0.05, 0.1) is 17.6 Å². The Morgan fingerprint density at radius 3 is 2.74 bits per heavy atom. The van der Waals surface area contributed by atoms with Crippen molar-refractivity contribution in [2.75, 3.05) is 18.1 Å². The quantitative estimate of drug-likeness (QED) is 0.565. The summed E-state index contributed by atoms with van der Waals surface area (Å²) in [6, 6.07) is 1.24. The molecule has 0 unspecified atom stereocenters. The number of alkyl halides is 3. The summed E-state index contributed by atoms with van der Waals surface area (Å²) in [6.07, 6.45) is -1.26. The number of rotatable bonds is 7. The Hall–Kier alpha value is -2.17. The number of nitrogens with zero attached hydrogens (tertiary/aromatic N) is 4. The van der Waals surface area contributed by atoms with Gasteiger partial charge < -0.3 is 15.2 Å². The fraction of sp³-hybridized carbons (Fsp3) is 0.562. The number of carbonyl (C=O) groups excluding carboxylic acids is 1. The van der Waals surface area contributed by atoms with E-state index in [2.05, 4.69) is 10.2 Å². The highest BCUT2D eigenvalue weighted by molar-refractivity contribution is 7.99. The van der Waals surface area contributed by atoms with E-state index in [1.54, 1.807) is 19.9 Å². The minimum Gasteiger partial charge on any atom is -0.469 e. The molecule has 1 aliphatic carbocycles. The van der Waals surface area contributed by atoms with E-state index in [9.17, 15) is 18.0 Å². The van der Waals surface area contributed by atoms with E-state index in [-0.39, 0.29) is 16.8 Å². The molecule has 0 bridgehead atoms. The third-order valence-electron chi connectivity index (χ3n) is 4.55. The smallest absolute Gasteiger partial charge is 0.406 e. The first-order valence-electron chi connectivity index (χ1n) is 8.41. The second-order valence-electron chi connectivity index (χ2n) is 6.57. The van der Waals surface area contributed by atoms with Crippen molar-refractivity contribution in [2.24, 2.45) is 5.92 Å². The number of amides is 1. The van der Waals surface area contributed by atoms with Crippen LogP contribution in [0.3, 0.4) is 0 Å². The van der Waals surface area contributed by atoms with Gasteiger partial charge in [-0.25, -0.2) is 4.68 Å². The maximum atomic E-state index is 12.9. The summed E-state index contributed by atoms with van der Waals surface area (Å²) in [4.78, 5) is 13.4. The van der Waals surface area contributed by atoms with Crippen LogP contribution in [0.4, 0.5) is 13.2 Å². The van der Waals surface area contributed by atoms with Crippen LogP contribution in [-0.2, 0) is 4.79 Å². The molecule has 3 rings (SSSR count). The zero-order valence-electron chi connectivity index (χ0n) is 14.9. The van der Waals surface area contributed by atoms with E-state index in [0.29, 0.717) is 17.1 Å². The molecule has 0 aromatic carbocycles. The Kier molecular flexibility index (Phi) is 5.41. The number of halogens is 3. The molecule has 2 aromatic heterocycles. The average Bonchev–Trinajstić information content (AvgIpc) is 3.27. The first-order chi connectivity index (χ1) is 12.7. The van der Waals surface area contributed by atoms with E-state index in [1.165, 1.54) is 10.9 Å². The monoisotopic (exact) mass is 403 g/mol. The lowest BCUT2D eigenvalue weighted by Crippen LogP contribution is -2.46. The lowest BCUT2D eigenvalue weighted by Gasteiger charge is -2.30. The average molecular weight is 403 g/mol. The molecule has 1 atom stereocenters. The number of furan rings is 1. The van der Waals surface area contributed by atoms with Crippen molar-refractivity contribution in [3.05, 3.63) is 18.1 Å². The van der Waals surface area contributed by atoms with Crippen LogP contribution < -0.4 is 5.84 Å². The number of hydrogen-bond acceptors (Lipinski definition) is 6. The van der Waals surface area contributed by atoms with Gasteiger partial charge in [0, 0.05) is 6.04 Å². The Bertz CT molecular complexity index is 815. The molecule has 27 heavy (non-hydrogen) atoms. The molecule has 0 saturated heterocycles. The van der Waals surface area contributed by atoms with Crippen LogP contribution in [0.2, 0.25) is 0 Å². The Morgan fingerprint density at radius 2 is 2.19 bits per heavy atom. The van der Waals surface area contributed by atoms with Gasteiger partial charge in [-0.15, -0.1) is 10.2 Å². The highest BCUT2D eigenvalue weighted by Crippen LogP contribution is 2.36. The fourth-order valence-corrected chi connectivity index (χ4v) is 3.61. The second kappa shape index (κ2) is 7.45. The molecule has 0 aliphatic heterocycles. The van der Waals surface area contributed by atoms with Crippen molar-refractivity contribution in [3.63, 3.8) is 0 Å². The van der Waals surface area contributed by atoms with E-state index in [4.69, 9.17) is 10.3 Å². The number of nitrogen functional groups attached to an aromatic ring is 1. The Balaban J connectivity index is 1.68. The number of hydrogen-bond donors (Lipinski definition) is 1.